The summed E-state index contributed by atoms with van der Waals surface area (Å²) in [7, 11) is 0. The molecule has 2 nitrogen and oxygen atoms in total. The number of nitriles is 1. The fourth-order valence-electron chi connectivity index (χ4n) is 1.65. The van der Waals surface area contributed by atoms with Crippen LogP contribution in [0.1, 0.15) is 11.1 Å². The van der Waals surface area contributed by atoms with Gasteiger partial charge in [0.25, 0.3) is 0 Å². The molecule has 0 saturated heterocycles. The Hall–Kier alpha value is -1.59. The second-order valence-electron chi connectivity index (χ2n) is 3.48. The number of benzene rings is 1. The molecular weight excluding hydrogens is 172 g/mol. The standard InChI is InChI=1S/C12H12N2/c13-9-11-4-3-5-12(8-11)10-14-6-1-2-7-14/h1-5,8H,6-7,10H2. The van der Waals surface area contributed by atoms with Crippen molar-refractivity contribution >= 4 is 0 Å². The zero-order valence-electron chi connectivity index (χ0n) is 7.98. The first-order chi connectivity index (χ1) is 6.88. The van der Waals surface area contributed by atoms with Crippen LogP contribution in [0, 0.1) is 11.3 Å². The van der Waals surface area contributed by atoms with Crippen molar-refractivity contribution in [2.45, 2.75) is 6.54 Å². The van der Waals surface area contributed by atoms with Crippen molar-refractivity contribution in [2.24, 2.45) is 0 Å². The molecule has 70 valence electrons. The van der Waals surface area contributed by atoms with Crippen LogP contribution in [0.15, 0.2) is 36.4 Å². The first-order valence-electron chi connectivity index (χ1n) is 4.75. The Balaban J connectivity index is 2.06. The van der Waals surface area contributed by atoms with Crippen molar-refractivity contribution < 1.29 is 0 Å². The maximum Gasteiger partial charge on any atom is 0.0991 e. The normalized spacial score (nSPS) is 15.6. The highest BCUT2D eigenvalue weighted by Gasteiger charge is 2.06. The first-order valence-corrected chi connectivity index (χ1v) is 4.75. The zero-order valence-corrected chi connectivity index (χ0v) is 7.98. The van der Waals surface area contributed by atoms with E-state index in [1.54, 1.807) is 0 Å². The van der Waals surface area contributed by atoms with Gasteiger partial charge in [-0.3, -0.25) is 4.90 Å². The molecule has 1 aliphatic heterocycles. The number of rotatable bonds is 2. The van der Waals surface area contributed by atoms with Crippen molar-refractivity contribution in [2.75, 3.05) is 13.1 Å². The van der Waals surface area contributed by atoms with Gasteiger partial charge in [0, 0.05) is 19.6 Å². The third-order valence-electron chi connectivity index (χ3n) is 2.36. The van der Waals surface area contributed by atoms with Gasteiger partial charge in [-0.15, -0.1) is 0 Å². The monoisotopic (exact) mass is 184 g/mol. The van der Waals surface area contributed by atoms with E-state index in [9.17, 15) is 0 Å². The van der Waals surface area contributed by atoms with Gasteiger partial charge < -0.3 is 0 Å². The Morgan fingerprint density at radius 2 is 2.07 bits per heavy atom. The summed E-state index contributed by atoms with van der Waals surface area (Å²) in [6.07, 6.45) is 4.35. The molecule has 0 spiro atoms. The molecule has 0 fully saturated rings. The predicted octanol–water partition coefficient (Wildman–Crippen LogP) is 1.93. The van der Waals surface area contributed by atoms with Crippen LogP contribution in [0.3, 0.4) is 0 Å². The number of nitrogens with zero attached hydrogens (tertiary/aromatic N) is 2. The van der Waals surface area contributed by atoms with Crippen molar-refractivity contribution in [3.8, 4) is 6.07 Å². The maximum atomic E-state index is 8.75. The Morgan fingerprint density at radius 3 is 2.79 bits per heavy atom. The summed E-state index contributed by atoms with van der Waals surface area (Å²) in [6.45, 7) is 2.98. The third-order valence-corrected chi connectivity index (χ3v) is 2.36. The largest absolute Gasteiger partial charge is 0.292 e. The van der Waals surface area contributed by atoms with Crippen LogP contribution in [-0.2, 0) is 6.54 Å². The van der Waals surface area contributed by atoms with Crippen molar-refractivity contribution in [3.63, 3.8) is 0 Å². The summed E-state index contributed by atoms with van der Waals surface area (Å²) >= 11 is 0. The van der Waals surface area contributed by atoms with Crippen LogP contribution < -0.4 is 0 Å². The van der Waals surface area contributed by atoms with Crippen molar-refractivity contribution in [3.05, 3.63) is 47.5 Å². The van der Waals surface area contributed by atoms with Crippen LogP contribution in [0.4, 0.5) is 0 Å². The predicted molar refractivity (Wildman–Crippen MR) is 55.6 cm³/mol. The molecule has 0 atom stereocenters. The lowest BCUT2D eigenvalue weighted by Gasteiger charge is -2.14. The summed E-state index contributed by atoms with van der Waals surface area (Å²) in [5.41, 5.74) is 1.96. The minimum Gasteiger partial charge on any atom is -0.292 e. The van der Waals surface area contributed by atoms with E-state index in [1.807, 2.05) is 18.2 Å². The van der Waals surface area contributed by atoms with Gasteiger partial charge >= 0.3 is 0 Å². The second-order valence-corrected chi connectivity index (χ2v) is 3.48. The molecule has 2 heteroatoms. The van der Waals surface area contributed by atoms with Crippen molar-refractivity contribution in [1.29, 1.82) is 5.26 Å². The van der Waals surface area contributed by atoms with E-state index in [4.69, 9.17) is 5.26 Å². The van der Waals surface area contributed by atoms with E-state index < -0.39 is 0 Å². The van der Waals surface area contributed by atoms with E-state index in [1.165, 1.54) is 5.56 Å². The summed E-state index contributed by atoms with van der Waals surface area (Å²) in [4.78, 5) is 2.33. The number of hydrogen-bond acceptors (Lipinski definition) is 2. The van der Waals surface area contributed by atoms with Gasteiger partial charge in [-0.25, -0.2) is 0 Å². The van der Waals surface area contributed by atoms with Crippen LogP contribution in [0.2, 0.25) is 0 Å². The minimum atomic E-state index is 0.745. The highest BCUT2D eigenvalue weighted by molar-refractivity contribution is 5.32. The van der Waals surface area contributed by atoms with E-state index in [0.717, 1.165) is 25.2 Å². The topological polar surface area (TPSA) is 27.0 Å². The maximum absolute atomic E-state index is 8.75. The molecule has 1 aromatic rings. The molecular formula is C12H12N2. The molecule has 0 unspecified atom stereocenters. The molecule has 1 heterocycles. The second kappa shape index (κ2) is 4.08. The molecule has 0 bridgehead atoms. The Morgan fingerprint density at radius 1 is 1.29 bits per heavy atom. The molecule has 0 saturated carbocycles. The lowest BCUT2D eigenvalue weighted by atomic mass is 10.1. The van der Waals surface area contributed by atoms with E-state index >= 15 is 0 Å². The fourth-order valence-corrected chi connectivity index (χ4v) is 1.65. The highest BCUT2D eigenvalue weighted by Crippen LogP contribution is 2.09. The van der Waals surface area contributed by atoms with Gasteiger partial charge in [0.05, 0.1) is 11.6 Å². The van der Waals surface area contributed by atoms with Gasteiger partial charge in [-0.05, 0) is 17.7 Å². The average molecular weight is 184 g/mol. The Kier molecular flexibility index (Phi) is 2.62. The molecule has 0 amide bonds. The lowest BCUT2D eigenvalue weighted by molar-refractivity contribution is 0.345. The summed E-state index contributed by atoms with van der Waals surface area (Å²) in [5, 5.41) is 8.75. The molecule has 0 aliphatic carbocycles. The molecule has 0 aromatic heterocycles. The quantitative estimate of drug-likeness (QED) is 0.657. The Bertz CT molecular complexity index is 380. The van der Waals surface area contributed by atoms with Crippen molar-refractivity contribution in [1.82, 2.24) is 4.90 Å². The van der Waals surface area contributed by atoms with Gasteiger partial charge in [0.15, 0.2) is 0 Å². The van der Waals surface area contributed by atoms with E-state index in [-0.39, 0.29) is 0 Å². The Labute approximate surface area is 84.1 Å². The van der Waals surface area contributed by atoms with Gasteiger partial charge in [0.1, 0.15) is 0 Å². The van der Waals surface area contributed by atoms with Gasteiger partial charge in [-0.2, -0.15) is 5.26 Å². The fraction of sp³-hybridized carbons (Fsp3) is 0.250. The smallest absolute Gasteiger partial charge is 0.0991 e. The summed E-state index contributed by atoms with van der Waals surface area (Å²) in [6, 6.07) is 9.96. The lowest BCUT2D eigenvalue weighted by Crippen LogP contribution is -2.19. The highest BCUT2D eigenvalue weighted by atomic mass is 15.1. The summed E-state index contributed by atoms with van der Waals surface area (Å²) < 4.78 is 0. The van der Waals surface area contributed by atoms with E-state index in [0.29, 0.717) is 0 Å². The van der Waals surface area contributed by atoms with Crippen LogP contribution in [0.25, 0.3) is 0 Å². The summed E-state index contributed by atoms with van der Waals surface area (Å²) in [5.74, 6) is 0. The average Bonchev–Trinajstić information content (AvgIpc) is 2.71. The van der Waals surface area contributed by atoms with Crippen LogP contribution in [-0.4, -0.2) is 18.0 Å². The van der Waals surface area contributed by atoms with Gasteiger partial charge in [0.2, 0.25) is 0 Å². The first kappa shape index (κ1) is 8.98. The molecule has 1 aromatic carbocycles. The number of hydrogen-bond donors (Lipinski definition) is 0. The molecule has 0 radical (unpaired) electrons. The molecule has 14 heavy (non-hydrogen) atoms. The van der Waals surface area contributed by atoms with Crippen LogP contribution in [0.5, 0.6) is 0 Å². The SMILES string of the molecule is N#Cc1cccc(CN2CC=CC2)c1. The molecule has 1 aliphatic rings. The van der Waals surface area contributed by atoms with E-state index in [2.05, 4.69) is 29.2 Å². The van der Waals surface area contributed by atoms with Gasteiger partial charge in [-0.1, -0.05) is 24.3 Å². The minimum absolute atomic E-state index is 0.745. The molecule has 2 rings (SSSR count). The third kappa shape index (κ3) is 2.01. The molecule has 0 N–H and O–H groups in total. The van der Waals surface area contributed by atoms with Crippen LogP contribution >= 0.6 is 0 Å². The zero-order chi connectivity index (χ0) is 9.80.